The van der Waals surface area contributed by atoms with Gasteiger partial charge < -0.3 is 8.23 Å². The Balaban J connectivity index is 3.26. The summed E-state index contributed by atoms with van der Waals surface area (Å²) in [6.07, 6.45) is 1.34. The van der Waals surface area contributed by atoms with Gasteiger partial charge in [0, 0.05) is 0 Å². The Hall–Kier alpha value is 0.788. The molecule has 13 heavy (non-hydrogen) atoms. The number of rotatable bonds is 7. The van der Waals surface area contributed by atoms with Crippen molar-refractivity contribution in [2.75, 3.05) is 0 Å². The van der Waals surface area contributed by atoms with Crippen LogP contribution in [0.15, 0.2) is 0 Å². The van der Waals surface area contributed by atoms with Crippen LogP contribution in [0.5, 0.6) is 0 Å². The van der Waals surface area contributed by atoms with E-state index in [1.165, 1.54) is 18.5 Å². The zero-order valence-corrected chi connectivity index (χ0v) is 15.3. The van der Waals surface area contributed by atoms with Gasteiger partial charge in [-0.25, -0.2) is 0 Å². The highest BCUT2D eigenvalue weighted by atomic mass is 28.4. The van der Waals surface area contributed by atoms with Gasteiger partial charge in [0.25, 0.3) is 0 Å². The molecule has 0 aliphatic rings. The van der Waals surface area contributed by atoms with Crippen LogP contribution in [0.25, 0.3) is 0 Å². The minimum atomic E-state index is -1.21. The van der Waals surface area contributed by atoms with Crippen LogP contribution in [0.4, 0.5) is 0 Å². The van der Waals surface area contributed by atoms with Crippen molar-refractivity contribution in [3.8, 4) is 0 Å². The summed E-state index contributed by atoms with van der Waals surface area (Å²) in [4.78, 5) is 0. The van der Waals surface area contributed by atoms with E-state index in [4.69, 9.17) is 8.23 Å². The third-order valence-electron chi connectivity index (χ3n) is 2.18. The number of hydrogen-bond donors (Lipinski definition) is 0. The first kappa shape index (κ1) is 13.8. The van der Waals surface area contributed by atoms with Gasteiger partial charge in [0.1, 0.15) is 20.2 Å². The lowest BCUT2D eigenvalue weighted by Gasteiger charge is -2.20. The fraction of sp³-hybridized carbons (Fsp3) is 1.00. The molecule has 80 valence electrons. The molecule has 0 N–H and O–H groups in total. The Bertz CT molecular complexity index is 130. The molecule has 0 aromatic rings. The molecule has 0 atom stereocenters. The van der Waals surface area contributed by atoms with Crippen LogP contribution in [-0.4, -0.2) is 37.6 Å². The van der Waals surface area contributed by atoms with Crippen LogP contribution in [0.3, 0.4) is 0 Å². The normalized spacial score (nSPS) is 13.6. The first-order valence-electron chi connectivity index (χ1n) is 5.15. The lowest BCUT2D eigenvalue weighted by molar-refractivity contribution is 0.596. The maximum Gasteiger partial charge on any atom is 0.172 e. The van der Waals surface area contributed by atoms with E-state index in [0.29, 0.717) is 0 Å². The highest BCUT2D eigenvalue weighted by molar-refractivity contribution is 6.73. The van der Waals surface area contributed by atoms with Gasteiger partial charge in [-0.05, 0) is 38.3 Å². The van der Waals surface area contributed by atoms with E-state index in [0.717, 1.165) is 10.5 Å². The minimum Gasteiger partial charge on any atom is -0.463 e. The molecule has 0 aliphatic carbocycles. The van der Waals surface area contributed by atoms with Crippen molar-refractivity contribution < 1.29 is 8.23 Å². The van der Waals surface area contributed by atoms with Crippen molar-refractivity contribution in [3.63, 3.8) is 0 Å². The fourth-order valence-electron chi connectivity index (χ4n) is 1.07. The molecule has 0 saturated heterocycles. The lowest BCUT2D eigenvalue weighted by Crippen LogP contribution is -2.28. The predicted molar refractivity (Wildman–Crippen MR) is 71.2 cm³/mol. The molecule has 0 fully saturated rings. The van der Waals surface area contributed by atoms with E-state index >= 15 is 0 Å². The quantitative estimate of drug-likeness (QED) is 0.482. The Morgan fingerprint density at radius 2 is 2.00 bits per heavy atom. The van der Waals surface area contributed by atoms with Crippen LogP contribution in [0.2, 0.25) is 38.3 Å². The van der Waals surface area contributed by atoms with Gasteiger partial charge in [0.05, 0.1) is 0 Å². The first-order valence-corrected chi connectivity index (χ1v) is 13.4. The second-order valence-corrected chi connectivity index (χ2v) is 14.5. The predicted octanol–water partition coefficient (Wildman–Crippen LogP) is 0.381. The van der Waals surface area contributed by atoms with Crippen LogP contribution < -0.4 is 0 Å². The second kappa shape index (κ2) is 7.13. The molecule has 0 aromatic carbocycles. The van der Waals surface area contributed by atoms with E-state index in [1.54, 1.807) is 0 Å². The molecule has 0 radical (unpaired) electrons. The molecule has 0 bridgehead atoms. The minimum absolute atomic E-state index is 0.173. The molecule has 0 unspecified atom stereocenters. The molecular formula is C7H24O2Si4. The number of hydrogen-bond acceptors (Lipinski definition) is 2. The van der Waals surface area contributed by atoms with Crippen molar-refractivity contribution in [1.82, 2.24) is 0 Å². The summed E-state index contributed by atoms with van der Waals surface area (Å²) in [6.45, 7) is 9.15. The van der Waals surface area contributed by atoms with E-state index in [1.807, 2.05) is 0 Å². The maximum atomic E-state index is 5.75. The van der Waals surface area contributed by atoms with E-state index in [-0.39, 0.29) is 9.76 Å². The van der Waals surface area contributed by atoms with E-state index < -0.39 is 17.4 Å². The average molecular weight is 253 g/mol. The lowest BCUT2D eigenvalue weighted by atomic mass is 10.6. The van der Waals surface area contributed by atoms with Crippen molar-refractivity contribution in [1.29, 1.82) is 0 Å². The fourth-order valence-corrected chi connectivity index (χ4v) is 6.50. The Kier molecular flexibility index (Phi) is 7.56. The second-order valence-electron chi connectivity index (χ2n) is 4.34. The van der Waals surface area contributed by atoms with Crippen molar-refractivity contribution in [2.45, 2.75) is 44.7 Å². The van der Waals surface area contributed by atoms with Crippen molar-refractivity contribution in [2.24, 2.45) is 0 Å². The molecule has 0 aromatic heterocycles. The van der Waals surface area contributed by atoms with Crippen molar-refractivity contribution >= 4 is 37.6 Å². The third-order valence-corrected chi connectivity index (χ3v) is 12.6. The van der Waals surface area contributed by atoms with Gasteiger partial charge in [-0.15, -0.1) is 0 Å². The topological polar surface area (TPSA) is 18.5 Å². The van der Waals surface area contributed by atoms with E-state index in [9.17, 15) is 0 Å². The Morgan fingerprint density at radius 1 is 1.38 bits per heavy atom. The van der Waals surface area contributed by atoms with Crippen LogP contribution >= 0.6 is 0 Å². The summed E-state index contributed by atoms with van der Waals surface area (Å²) in [5, 5.41) is 0. The van der Waals surface area contributed by atoms with Crippen molar-refractivity contribution in [3.05, 3.63) is 0 Å². The Morgan fingerprint density at radius 3 is 2.46 bits per heavy atom. The molecule has 0 aliphatic heterocycles. The van der Waals surface area contributed by atoms with Crippen LogP contribution in [-0.2, 0) is 8.23 Å². The molecule has 0 saturated carbocycles. The summed E-state index contributed by atoms with van der Waals surface area (Å²) >= 11 is 0. The molecule has 2 nitrogen and oxygen atoms in total. The van der Waals surface area contributed by atoms with Crippen LogP contribution in [0.1, 0.15) is 6.42 Å². The summed E-state index contributed by atoms with van der Waals surface area (Å²) in [5.41, 5.74) is 0. The van der Waals surface area contributed by atoms with Gasteiger partial charge in [0.2, 0.25) is 0 Å². The highest BCUT2D eigenvalue weighted by Gasteiger charge is 2.18. The smallest absolute Gasteiger partial charge is 0.172 e. The SMILES string of the molecule is C[SiH](C)O[SiH2]CCC[Si](C)(C)O[SiH3]. The standard InChI is InChI=1S/C7H24O2Si4/c1-12(2)9-11-6-5-7-13(3,4)8-10/h12H,5-7,11H2,1-4,10H3. The largest absolute Gasteiger partial charge is 0.463 e. The summed E-state index contributed by atoms with van der Waals surface area (Å²) < 4.78 is 11.4. The monoisotopic (exact) mass is 252 g/mol. The van der Waals surface area contributed by atoms with Gasteiger partial charge in [-0.3, -0.25) is 0 Å². The first-order chi connectivity index (χ1) is 5.98. The highest BCUT2D eigenvalue weighted by Crippen LogP contribution is 2.13. The van der Waals surface area contributed by atoms with Crippen LogP contribution in [0, 0.1) is 0 Å². The molecular weight excluding hydrogens is 228 g/mol. The molecule has 0 rings (SSSR count). The summed E-state index contributed by atoms with van der Waals surface area (Å²) in [7, 11) is -1.19. The zero-order chi connectivity index (χ0) is 10.3. The maximum absolute atomic E-state index is 5.75. The Labute approximate surface area is 90.8 Å². The van der Waals surface area contributed by atoms with Gasteiger partial charge in [0.15, 0.2) is 17.4 Å². The summed E-state index contributed by atoms with van der Waals surface area (Å²) in [5.74, 6) is 0. The molecule has 0 heterocycles. The van der Waals surface area contributed by atoms with Gasteiger partial charge >= 0.3 is 0 Å². The molecule has 0 spiro atoms. The molecule has 6 heteroatoms. The van der Waals surface area contributed by atoms with Gasteiger partial charge in [-0.1, -0.05) is 6.42 Å². The summed E-state index contributed by atoms with van der Waals surface area (Å²) in [6, 6.07) is 2.68. The average Bonchev–Trinajstić information content (AvgIpc) is 2.03. The third kappa shape index (κ3) is 9.10. The molecule has 0 amide bonds. The van der Waals surface area contributed by atoms with Gasteiger partial charge in [-0.2, -0.15) is 0 Å². The zero-order valence-electron chi connectivity index (χ0n) is 9.72. The van der Waals surface area contributed by atoms with E-state index in [2.05, 4.69) is 26.2 Å².